The number of hydrogen-bond acceptors (Lipinski definition) is 7. The molecule has 8 nitrogen and oxygen atoms in total. The largest absolute Gasteiger partial charge is 0.497 e. The maximum atomic E-state index is 13.7. The molecule has 2 fully saturated rings. The van der Waals surface area contributed by atoms with Crippen molar-refractivity contribution in [2.45, 2.75) is 19.1 Å². The van der Waals surface area contributed by atoms with Crippen molar-refractivity contribution in [2.24, 2.45) is 5.92 Å². The van der Waals surface area contributed by atoms with Crippen LogP contribution in [0.15, 0.2) is 78.9 Å². The summed E-state index contributed by atoms with van der Waals surface area (Å²) in [5, 5.41) is 1.65. The third-order valence-electron chi connectivity index (χ3n) is 6.22. The van der Waals surface area contributed by atoms with Crippen LogP contribution in [-0.2, 0) is 19.2 Å². The molecule has 3 atom stereocenters. The van der Waals surface area contributed by atoms with E-state index in [9.17, 15) is 14.4 Å². The average molecular weight is 472 g/mol. The van der Waals surface area contributed by atoms with Gasteiger partial charge in [0, 0.05) is 0 Å². The summed E-state index contributed by atoms with van der Waals surface area (Å²) in [6.07, 6.45) is -0.973. The smallest absolute Gasteiger partial charge is 0.338 e. The minimum Gasteiger partial charge on any atom is -0.497 e. The van der Waals surface area contributed by atoms with E-state index in [-0.39, 0.29) is 12.5 Å². The minimum absolute atomic E-state index is 0.259. The van der Waals surface area contributed by atoms with Crippen molar-refractivity contribution in [2.75, 3.05) is 23.7 Å². The van der Waals surface area contributed by atoms with E-state index in [0.29, 0.717) is 17.0 Å². The number of hydroxylamine groups is 1. The van der Waals surface area contributed by atoms with E-state index in [1.807, 2.05) is 54.6 Å². The van der Waals surface area contributed by atoms with Crippen LogP contribution in [-0.4, -0.2) is 37.6 Å². The highest BCUT2D eigenvalue weighted by Crippen LogP contribution is 2.47. The Kier molecular flexibility index (Phi) is 5.96. The van der Waals surface area contributed by atoms with Crippen LogP contribution in [0, 0.1) is 5.92 Å². The lowest BCUT2D eigenvalue weighted by molar-refractivity contribution is -0.126. The molecule has 2 amide bonds. The first-order valence-electron chi connectivity index (χ1n) is 11.3. The summed E-state index contributed by atoms with van der Waals surface area (Å²) in [7, 11) is 1.59. The van der Waals surface area contributed by atoms with Gasteiger partial charge in [-0.25, -0.2) is 14.8 Å². The number of fused-ring (bicyclic) bond motifs is 1. The fourth-order valence-corrected chi connectivity index (χ4v) is 4.57. The van der Waals surface area contributed by atoms with Gasteiger partial charge in [-0.3, -0.25) is 14.4 Å². The maximum absolute atomic E-state index is 13.7. The number of nitrogens with zero attached hydrogens (tertiary/aromatic N) is 2. The van der Waals surface area contributed by atoms with Gasteiger partial charge in [-0.2, -0.15) is 0 Å². The molecule has 2 aliphatic heterocycles. The second-order valence-corrected chi connectivity index (χ2v) is 8.21. The highest BCUT2D eigenvalue weighted by atomic mass is 16.7. The number of carbonyl (C=O) groups excluding carboxylic acids is 3. The Labute approximate surface area is 202 Å². The summed E-state index contributed by atoms with van der Waals surface area (Å²) >= 11 is 0. The zero-order valence-corrected chi connectivity index (χ0v) is 19.3. The van der Waals surface area contributed by atoms with E-state index < -0.39 is 29.9 Å². The van der Waals surface area contributed by atoms with Crippen LogP contribution in [0.5, 0.6) is 5.75 Å². The molecule has 0 radical (unpaired) electrons. The Hall–Kier alpha value is -4.17. The number of imide groups is 1. The van der Waals surface area contributed by atoms with E-state index in [1.165, 1.54) is 0 Å². The lowest BCUT2D eigenvalue weighted by atomic mass is 9.90. The number of ether oxygens (including phenoxy) is 2. The molecule has 2 aliphatic rings. The molecule has 0 aliphatic carbocycles. The van der Waals surface area contributed by atoms with Gasteiger partial charge < -0.3 is 9.47 Å². The van der Waals surface area contributed by atoms with Gasteiger partial charge in [-0.1, -0.05) is 30.3 Å². The molecule has 35 heavy (non-hydrogen) atoms. The quantitative estimate of drug-likeness (QED) is 0.397. The van der Waals surface area contributed by atoms with Crippen molar-refractivity contribution in [1.29, 1.82) is 0 Å². The molecular weight excluding hydrogens is 448 g/mol. The number of para-hydroxylation sites is 1. The van der Waals surface area contributed by atoms with Crippen LogP contribution in [0.1, 0.15) is 28.9 Å². The monoisotopic (exact) mass is 472 g/mol. The molecule has 2 heterocycles. The van der Waals surface area contributed by atoms with E-state index in [0.717, 1.165) is 16.2 Å². The predicted molar refractivity (Wildman–Crippen MR) is 128 cm³/mol. The Morgan fingerprint density at radius 2 is 1.57 bits per heavy atom. The zero-order chi connectivity index (χ0) is 24.5. The van der Waals surface area contributed by atoms with E-state index in [1.54, 1.807) is 43.4 Å². The molecule has 0 bridgehead atoms. The number of carbonyl (C=O) groups is 3. The van der Waals surface area contributed by atoms with E-state index in [2.05, 4.69) is 0 Å². The number of rotatable bonds is 6. The highest BCUT2D eigenvalue weighted by Gasteiger charge is 2.60. The van der Waals surface area contributed by atoms with Gasteiger partial charge >= 0.3 is 5.97 Å². The van der Waals surface area contributed by atoms with Gasteiger partial charge in [-0.15, -0.1) is 0 Å². The van der Waals surface area contributed by atoms with E-state index >= 15 is 0 Å². The van der Waals surface area contributed by atoms with Crippen molar-refractivity contribution in [1.82, 2.24) is 0 Å². The molecule has 2 saturated heterocycles. The molecule has 3 aromatic rings. The van der Waals surface area contributed by atoms with Gasteiger partial charge in [0.25, 0.3) is 5.91 Å². The number of methoxy groups -OCH3 is 1. The summed E-state index contributed by atoms with van der Waals surface area (Å²) in [4.78, 5) is 46.4. The van der Waals surface area contributed by atoms with Gasteiger partial charge in [0.05, 0.1) is 36.7 Å². The zero-order valence-electron chi connectivity index (χ0n) is 19.3. The molecule has 0 aromatic heterocycles. The number of benzene rings is 3. The molecule has 0 spiro atoms. The van der Waals surface area contributed by atoms with Crippen LogP contribution in [0.4, 0.5) is 11.4 Å². The molecule has 0 saturated carbocycles. The highest BCUT2D eigenvalue weighted by molar-refractivity contribution is 6.24. The summed E-state index contributed by atoms with van der Waals surface area (Å²) in [6.45, 7) is 1.99. The number of hydrogen-bond donors (Lipinski definition) is 0. The van der Waals surface area contributed by atoms with Gasteiger partial charge in [0.1, 0.15) is 11.7 Å². The third kappa shape index (κ3) is 3.91. The Balaban J connectivity index is 1.50. The number of amides is 2. The van der Waals surface area contributed by atoms with Crippen molar-refractivity contribution < 1.29 is 28.7 Å². The van der Waals surface area contributed by atoms with Crippen molar-refractivity contribution >= 4 is 29.2 Å². The fraction of sp³-hybridized carbons (Fsp3) is 0.222. The summed E-state index contributed by atoms with van der Waals surface area (Å²) < 4.78 is 10.3. The number of anilines is 2. The predicted octanol–water partition coefficient (Wildman–Crippen LogP) is 3.92. The molecule has 8 heteroatoms. The van der Waals surface area contributed by atoms with Crippen molar-refractivity contribution in [3.63, 3.8) is 0 Å². The van der Waals surface area contributed by atoms with Crippen LogP contribution in [0.2, 0.25) is 0 Å². The lowest BCUT2D eigenvalue weighted by Gasteiger charge is -2.28. The minimum atomic E-state index is -0.973. The Bertz CT molecular complexity index is 1240. The topological polar surface area (TPSA) is 85.4 Å². The van der Waals surface area contributed by atoms with Crippen molar-refractivity contribution in [3.05, 3.63) is 90.0 Å². The summed E-state index contributed by atoms with van der Waals surface area (Å²) in [5.74, 6) is -1.33. The first-order valence-corrected chi connectivity index (χ1v) is 11.3. The Morgan fingerprint density at radius 3 is 2.20 bits per heavy atom. The average Bonchev–Trinajstić information content (AvgIpc) is 3.40. The molecule has 0 N–H and O–H groups in total. The van der Waals surface area contributed by atoms with Crippen molar-refractivity contribution in [3.8, 4) is 5.75 Å². The van der Waals surface area contributed by atoms with Crippen LogP contribution in [0.3, 0.4) is 0 Å². The molecular formula is C27H24N2O6. The second kappa shape index (κ2) is 9.23. The SMILES string of the molecule is CCOC(=O)c1ccc(N2C(=O)[C@@H]3[C@@H](c4ccc(OC)cc4)N(c4ccccc4)O[C@H]3C2=O)cc1. The van der Waals surface area contributed by atoms with Crippen LogP contribution in [0.25, 0.3) is 0 Å². The van der Waals surface area contributed by atoms with E-state index in [4.69, 9.17) is 14.3 Å². The number of esters is 1. The molecule has 178 valence electrons. The molecule has 5 rings (SSSR count). The maximum Gasteiger partial charge on any atom is 0.338 e. The first kappa shape index (κ1) is 22.6. The van der Waals surface area contributed by atoms with Crippen LogP contribution < -0.4 is 14.7 Å². The van der Waals surface area contributed by atoms with Gasteiger partial charge in [0.2, 0.25) is 5.91 Å². The van der Waals surface area contributed by atoms with Gasteiger partial charge in [-0.05, 0) is 61.0 Å². The lowest BCUT2D eigenvalue weighted by Crippen LogP contribution is -2.37. The van der Waals surface area contributed by atoms with Gasteiger partial charge in [0.15, 0.2) is 6.10 Å². The summed E-state index contributed by atoms with van der Waals surface area (Å²) in [5.41, 5.74) is 2.29. The molecule has 3 aromatic carbocycles. The molecule has 0 unspecified atom stereocenters. The third-order valence-corrected chi connectivity index (χ3v) is 6.22. The standard InChI is InChI=1S/C27H24N2O6/c1-3-34-27(32)18-9-13-19(14-10-18)28-25(30)22-23(17-11-15-21(33-2)16-12-17)29(35-24(22)26(28)31)20-7-5-4-6-8-20/h4-16,22-24H,3H2,1-2H3/t22-,23-,24-/m1/s1. The summed E-state index contributed by atoms with van der Waals surface area (Å²) in [6, 6.07) is 22.5. The normalized spacial score (nSPS) is 21.3. The van der Waals surface area contributed by atoms with Crippen LogP contribution >= 0.6 is 0 Å². The second-order valence-electron chi connectivity index (χ2n) is 8.21. The first-order chi connectivity index (χ1) is 17.0. The Morgan fingerprint density at radius 1 is 0.886 bits per heavy atom. The fourth-order valence-electron chi connectivity index (χ4n) is 4.57.